The first-order valence-corrected chi connectivity index (χ1v) is 8.94. The van der Waals surface area contributed by atoms with Gasteiger partial charge < -0.3 is 4.74 Å². The Kier molecular flexibility index (Phi) is 7.57. The maximum Gasteiger partial charge on any atom is 0.266 e. The maximum absolute atomic E-state index is 12.0. The van der Waals surface area contributed by atoms with Crippen LogP contribution in [-0.4, -0.2) is 12.7 Å². The Morgan fingerprint density at radius 2 is 1.77 bits per heavy atom. The van der Waals surface area contributed by atoms with Crippen LogP contribution in [0.25, 0.3) is 0 Å². The van der Waals surface area contributed by atoms with Crippen LogP contribution in [0.4, 0.5) is 8.78 Å². The molecule has 1 aliphatic heterocycles. The first-order valence-electron chi connectivity index (χ1n) is 8.94. The van der Waals surface area contributed by atoms with E-state index in [0.717, 1.165) is 49.7 Å². The van der Waals surface area contributed by atoms with E-state index in [0.29, 0.717) is 12.5 Å². The molecule has 22 heavy (non-hydrogen) atoms. The molecule has 0 aromatic rings. The predicted molar refractivity (Wildman–Crippen MR) is 86.9 cm³/mol. The Balaban J connectivity index is 1.62. The molecule has 2 fully saturated rings. The highest BCUT2D eigenvalue weighted by Gasteiger charge is 2.30. The lowest BCUT2D eigenvalue weighted by Crippen LogP contribution is -2.31. The van der Waals surface area contributed by atoms with Crippen LogP contribution in [0.2, 0.25) is 0 Å². The van der Waals surface area contributed by atoms with Crippen LogP contribution in [0.15, 0.2) is 24.3 Å². The molecule has 2 rings (SSSR count). The third-order valence-corrected chi connectivity index (χ3v) is 5.43. The van der Waals surface area contributed by atoms with Crippen molar-refractivity contribution < 1.29 is 13.5 Å². The van der Waals surface area contributed by atoms with E-state index in [4.69, 9.17) is 4.74 Å². The van der Waals surface area contributed by atoms with Gasteiger partial charge in [-0.25, -0.2) is 0 Å². The average molecular weight is 312 g/mol. The first-order chi connectivity index (χ1) is 10.7. The van der Waals surface area contributed by atoms with Crippen molar-refractivity contribution in [2.45, 2.75) is 70.8 Å². The fourth-order valence-electron chi connectivity index (χ4n) is 4.10. The molecule has 1 saturated heterocycles. The highest BCUT2D eigenvalue weighted by molar-refractivity contribution is 4.91. The first kappa shape index (κ1) is 17.7. The van der Waals surface area contributed by atoms with Gasteiger partial charge in [0.05, 0.1) is 12.7 Å². The van der Waals surface area contributed by atoms with Crippen molar-refractivity contribution in [3.63, 3.8) is 0 Å². The normalized spacial score (nSPS) is 33.0. The zero-order valence-electron chi connectivity index (χ0n) is 13.8. The van der Waals surface area contributed by atoms with Gasteiger partial charge in [0.25, 0.3) is 6.08 Å². The van der Waals surface area contributed by atoms with E-state index < -0.39 is 6.08 Å². The molecule has 0 amide bonds. The Hall–Kier alpha value is -0.700. The smallest absolute Gasteiger partial charge is 0.266 e. The molecule has 1 saturated carbocycles. The molecule has 1 heterocycles. The fraction of sp³-hybridized carbons (Fsp3) is 0.789. The third-order valence-electron chi connectivity index (χ3n) is 5.43. The number of allylic oxidation sites excluding steroid dienone is 2. The van der Waals surface area contributed by atoms with Crippen LogP contribution >= 0.6 is 0 Å². The van der Waals surface area contributed by atoms with Crippen LogP contribution < -0.4 is 0 Å². The largest absolute Gasteiger partial charge is 0.374 e. The predicted octanol–water partition coefficient (Wildman–Crippen LogP) is 6.11. The Bertz CT molecular complexity index is 358. The van der Waals surface area contributed by atoms with Crippen molar-refractivity contribution in [3.8, 4) is 0 Å². The number of rotatable bonds is 6. The van der Waals surface area contributed by atoms with Gasteiger partial charge in [-0.15, -0.1) is 0 Å². The lowest BCUT2D eigenvalue weighted by atomic mass is 9.73. The van der Waals surface area contributed by atoms with Crippen LogP contribution in [0.3, 0.4) is 0 Å². The zero-order chi connectivity index (χ0) is 15.8. The second kappa shape index (κ2) is 9.44. The molecule has 0 N–H and O–H groups in total. The van der Waals surface area contributed by atoms with Crippen molar-refractivity contribution in [1.29, 1.82) is 0 Å². The summed E-state index contributed by atoms with van der Waals surface area (Å²) in [5.41, 5.74) is 0. The summed E-state index contributed by atoms with van der Waals surface area (Å²) in [6.45, 7) is 2.97. The minimum absolute atomic E-state index is 0.335. The van der Waals surface area contributed by atoms with Gasteiger partial charge in [-0.05, 0) is 69.3 Å². The van der Waals surface area contributed by atoms with Gasteiger partial charge in [0.2, 0.25) is 0 Å². The minimum Gasteiger partial charge on any atom is -0.374 e. The molecular formula is C19H30F2O. The third kappa shape index (κ3) is 5.83. The fourth-order valence-corrected chi connectivity index (χ4v) is 4.10. The van der Waals surface area contributed by atoms with Gasteiger partial charge in [-0.3, -0.25) is 0 Å². The lowest BCUT2D eigenvalue weighted by Gasteiger charge is -2.37. The molecule has 0 radical (unpaired) electrons. The van der Waals surface area contributed by atoms with E-state index in [2.05, 4.69) is 19.1 Å². The van der Waals surface area contributed by atoms with Crippen LogP contribution in [0.5, 0.6) is 0 Å². The lowest BCUT2D eigenvalue weighted by molar-refractivity contribution is -0.0168. The van der Waals surface area contributed by atoms with Crippen molar-refractivity contribution in [3.05, 3.63) is 24.3 Å². The minimum atomic E-state index is -1.53. The molecule has 0 spiro atoms. The summed E-state index contributed by atoms with van der Waals surface area (Å²) in [4.78, 5) is 0. The topological polar surface area (TPSA) is 9.23 Å². The van der Waals surface area contributed by atoms with E-state index in [1.54, 1.807) is 0 Å². The van der Waals surface area contributed by atoms with Gasteiger partial charge in [0, 0.05) is 0 Å². The van der Waals surface area contributed by atoms with Gasteiger partial charge in [-0.1, -0.05) is 31.4 Å². The van der Waals surface area contributed by atoms with E-state index in [-0.39, 0.29) is 0 Å². The summed E-state index contributed by atoms with van der Waals surface area (Å²) >= 11 is 0. The molecule has 3 heteroatoms. The number of hydrogen-bond donors (Lipinski definition) is 0. The van der Waals surface area contributed by atoms with Crippen molar-refractivity contribution in [2.24, 2.45) is 17.8 Å². The Labute approximate surface area is 133 Å². The van der Waals surface area contributed by atoms with Gasteiger partial charge in [-0.2, -0.15) is 8.78 Å². The van der Waals surface area contributed by atoms with Gasteiger partial charge >= 0.3 is 0 Å². The van der Waals surface area contributed by atoms with Gasteiger partial charge in [0.15, 0.2) is 0 Å². The van der Waals surface area contributed by atoms with Crippen molar-refractivity contribution >= 4 is 0 Å². The molecule has 1 aliphatic carbocycles. The summed E-state index contributed by atoms with van der Waals surface area (Å²) in [6.07, 6.45) is 14.3. The highest BCUT2D eigenvalue weighted by Crippen LogP contribution is 2.39. The number of hydrogen-bond acceptors (Lipinski definition) is 1. The van der Waals surface area contributed by atoms with E-state index in [9.17, 15) is 8.78 Å². The maximum atomic E-state index is 12.0. The molecule has 0 aromatic heterocycles. The zero-order valence-corrected chi connectivity index (χ0v) is 13.8. The van der Waals surface area contributed by atoms with E-state index >= 15 is 0 Å². The van der Waals surface area contributed by atoms with Crippen molar-refractivity contribution in [2.75, 3.05) is 6.61 Å². The summed E-state index contributed by atoms with van der Waals surface area (Å²) in [5.74, 6) is 2.32. The second-order valence-corrected chi connectivity index (χ2v) is 6.94. The highest BCUT2D eigenvalue weighted by atomic mass is 19.3. The van der Waals surface area contributed by atoms with Crippen LogP contribution in [0, 0.1) is 17.8 Å². The Morgan fingerprint density at radius 3 is 2.36 bits per heavy atom. The number of ether oxygens (including phenoxy) is 1. The molecule has 2 aliphatic rings. The van der Waals surface area contributed by atoms with Crippen molar-refractivity contribution in [1.82, 2.24) is 0 Å². The van der Waals surface area contributed by atoms with E-state index in [1.807, 2.05) is 0 Å². The van der Waals surface area contributed by atoms with E-state index in [1.165, 1.54) is 32.1 Å². The summed E-state index contributed by atoms with van der Waals surface area (Å²) in [7, 11) is 0. The standard InChI is InChI=1S/C19H30F2O/c1-2-5-18-13-12-17(14-22-18)16-10-8-15(9-11-16)6-3-4-7-19(20)21/h2,5,7,15-18H,3-4,6,8-14H2,1H3/b5-2+. The molecule has 1 nitrogen and oxygen atoms in total. The summed E-state index contributed by atoms with van der Waals surface area (Å²) in [5, 5.41) is 0. The molecule has 2 atom stereocenters. The van der Waals surface area contributed by atoms with Crippen LogP contribution in [0.1, 0.15) is 64.7 Å². The molecule has 0 aromatic carbocycles. The summed E-state index contributed by atoms with van der Waals surface area (Å²) in [6, 6.07) is 0. The molecular weight excluding hydrogens is 282 g/mol. The quantitative estimate of drug-likeness (QED) is 0.424. The monoisotopic (exact) mass is 312 g/mol. The molecule has 0 bridgehead atoms. The summed E-state index contributed by atoms with van der Waals surface area (Å²) < 4.78 is 29.9. The SMILES string of the molecule is C/C=C/C1CCC(C2CCC(CCCC=C(F)F)CC2)CO1. The second-order valence-electron chi connectivity index (χ2n) is 6.94. The van der Waals surface area contributed by atoms with Crippen LogP contribution in [-0.2, 0) is 4.74 Å². The molecule has 126 valence electrons. The Morgan fingerprint density at radius 1 is 1.05 bits per heavy atom. The number of unbranched alkanes of at least 4 members (excludes halogenated alkanes) is 1. The molecule has 2 unspecified atom stereocenters. The average Bonchev–Trinajstić information content (AvgIpc) is 2.53. The number of halogens is 2. The van der Waals surface area contributed by atoms with Gasteiger partial charge in [0.1, 0.15) is 0 Å².